The van der Waals surface area contributed by atoms with E-state index in [1.807, 2.05) is 61.5 Å². The largest absolute Gasteiger partial charge is 0.496 e. The van der Waals surface area contributed by atoms with Crippen molar-refractivity contribution in [3.8, 4) is 5.75 Å². The Kier molecular flexibility index (Phi) is 6.82. The van der Waals surface area contributed by atoms with Crippen LogP contribution in [0.2, 0.25) is 0 Å². The average Bonchev–Trinajstić information content (AvgIpc) is 2.64. The van der Waals surface area contributed by atoms with Crippen LogP contribution in [0.25, 0.3) is 0 Å². The van der Waals surface area contributed by atoms with Crippen LogP contribution >= 0.6 is 0 Å². The smallest absolute Gasteiger partial charge is 0.310 e. The van der Waals surface area contributed by atoms with E-state index >= 15 is 0 Å². The van der Waals surface area contributed by atoms with E-state index in [1.54, 1.807) is 7.11 Å². The zero-order chi connectivity index (χ0) is 17.4. The van der Waals surface area contributed by atoms with Crippen molar-refractivity contribution in [2.75, 3.05) is 13.7 Å². The molecule has 1 unspecified atom stereocenters. The molecule has 1 N–H and O–H groups in total. The fraction of sp³-hybridized carbons (Fsp3) is 0.350. The summed E-state index contributed by atoms with van der Waals surface area (Å²) >= 11 is 0. The molecule has 0 spiro atoms. The number of para-hydroxylation sites is 1. The molecule has 4 nitrogen and oxygen atoms in total. The van der Waals surface area contributed by atoms with Crippen LogP contribution in [0, 0.1) is 5.92 Å². The molecule has 0 aliphatic carbocycles. The number of ether oxygens (including phenoxy) is 2. The summed E-state index contributed by atoms with van der Waals surface area (Å²) in [5.41, 5.74) is 2.07. The third-order valence-corrected chi connectivity index (χ3v) is 3.96. The van der Waals surface area contributed by atoms with Crippen LogP contribution < -0.4 is 10.1 Å². The van der Waals surface area contributed by atoms with Gasteiger partial charge in [-0.05, 0) is 18.6 Å². The quantitative estimate of drug-likeness (QED) is 0.751. The zero-order valence-corrected chi connectivity index (χ0v) is 14.5. The summed E-state index contributed by atoms with van der Waals surface area (Å²) in [7, 11) is 1.66. The molecule has 0 fully saturated rings. The van der Waals surface area contributed by atoms with E-state index in [2.05, 4.69) is 12.2 Å². The molecule has 0 aliphatic heterocycles. The minimum atomic E-state index is -0.217. The minimum Gasteiger partial charge on any atom is -0.496 e. The maximum absolute atomic E-state index is 12.1. The molecule has 0 radical (unpaired) electrons. The van der Waals surface area contributed by atoms with Gasteiger partial charge in [-0.2, -0.15) is 0 Å². The number of hydrogen-bond donors (Lipinski definition) is 1. The van der Waals surface area contributed by atoms with Gasteiger partial charge in [-0.3, -0.25) is 4.79 Å². The van der Waals surface area contributed by atoms with Gasteiger partial charge in [-0.25, -0.2) is 0 Å². The number of benzene rings is 2. The Hall–Kier alpha value is -2.33. The maximum atomic E-state index is 12.1. The molecule has 0 aliphatic rings. The van der Waals surface area contributed by atoms with Gasteiger partial charge >= 0.3 is 5.97 Å². The zero-order valence-electron chi connectivity index (χ0n) is 14.5. The lowest BCUT2D eigenvalue weighted by Gasteiger charge is -2.19. The van der Waals surface area contributed by atoms with Gasteiger partial charge in [0.15, 0.2) is 0 Å². The van der Waals surface area contributed by atoms with E-state index in [0.717, 1.165) is 16.9 Å². The Labute approximate surface area is 143 Å². The van der Waals surface area contributed by atoms with Gasteiger partial charge in [0.25, 0.3) is 0 Å². The first kappa shape index (κ1) is 18.0. The number of esters is 1. The third kappa shape index (κ3) is 5.10. The van der Waals surface area contributed by atoms with Crippen LogP contribution in [-0.4, -0.2) is 19.6 Å². The van der Waals surface area contributed by atoms with Gasteiger partial charge in [0.1, 0.15) is 12.4 Å². The lowest BCUT2D eigenvalue weighted by atomic mass is 10.1. The standard InChI is InChI=1S/C20H25NO3/c1-15(20(22)24-14-17-9-5-4-6-10-17)13-21-16(2)18-11-7-8-12-19(18)23-3/h4-12,15-16,21H,13-14H2,1-3H3/t15?,16-/m1/s1. The first-order valence-electron chi connectivity index (χ1n) is 8.18. The number of carbonyl (C=O) groups is 1. The van der Waals surface area contributed by atoms with Crippen molar-refractivity contribution in [1.29, 1.82) is 0 Å². The van der Waals surface area contributed by atoms with Crippen LogP contribution in [-0.2, 0) is 16.1 Å². The maximum Gasteiger partial charge on any atom is 0.310 e. The summed E-state index contributed by atoms with van der Waals surface area (Å²) < 4.78 is 10.7. The van der Waals surface area contributed by atoms with E-state index in [9.17, 15) is 4.79 Å². The van der Waals surface area contributed by atoms with Crippen molar-refractivity contribution in [1.82, 2.24) is 5.32 Å². The van der Waals surface area contributed by atoms with Gasteiger partial charge in [0.2, 0.25) is 0 Å². The molecule has 128 valence electrons. The van der Waals surface area contributed by atoms with Gasteiger partial charge in [0.05, 0.1) is 13.0 Å². The minimum absolute atomic E-state index is 0.0884. The van der Waals surface area contributed by atoms with Crippen molar-refractivity contribution in [2.24, 2.45) is 5.92 Å². The number of methoxy groups -OCH3 is 1. The number of nitrogens with one attached hydrogen (secondary N) is 1. The SMILES string of the molecule is COc1ccccc1[C@@H](C)NCC(C)C(=O)OCc1ccccc1. The lowest BCUT2D eigenvalue weighted by molar-refractivity contribution is -0.149. The van der Waals surface area contributed by atoms with Crippen LogP contribution in [0.5, 0.6) is 5.75 Å². The summed E-state index contributed by atoms with van der Waals surface area (Å²) in [4.78, 5) is 12.1. The Morgan fingerprint density at radius 2 is 1.71 bits per heavy atom. The van der Waals surface area contributed by atoms with Crippen molar-refractivity contribution < 1.29 is 14.3 Å². The molecule has 0 aromatic heterocycles. The molecule has 2 atom stereocenters. The van der Waals surface area contributed by atoms with Crippen LogP contribution in [0.15, 0.2) is 54.6 Å². The summed E-state index contributed by atoms with van der Waals surface area (Å²) in [5, 5.41) is 3.37. The molecule has 0 heterocycles. The summed E-state index contributed by atoms with van der Waals surface area (Å²) in [6.45, 7) is 4.79. The highest BCUT2D eigenvalue weighted by atomic mass is 16.5. The fourth-order valence-corrected chi connectivity index (χ4v) is 2.44. The monoisotopic (exact) mass is 327 g/mol. The Morgan fingerprint density at radius 1 is 1.04 bits per heavy atom. The van der Waals surface area contributed by atoms with Gasteiger partial charge in [0, 0.05) is 18.2 Å². The van der Waals surface area contributed by atoms with Gasteiger partial charge in [-0.1, -0.05) is 55.5 Å². The van der Waals surface area contributed by atoms with E-state index in [4.69, 9.17) is 9.47 Å². The van der Waals surface area contributed by atoms with Crippen LogP contribution in [0.3, 0.4) is 0 Å². The summed E-state index contributed by atoms with van der Waals surface area (Å²) in [5.74, 6) is 0.432. The molecule has 0 amide bonds. The average molecular weight is 327 g/mol. The van der Waals surface area contributed by atoms with Crippen molar-refractivity contribution in [3.63, 3.8) is 0 Å². The molecule has 24 heavy (non-hydrogen) atoms. The van der Waals surface area contributed by atoms with Gasteiger partial charge in [-0.15, -0.1) is 0 Å². The fourth-order valence-electron chi connectivity index (χ4n) is 2.44. The second kappa shape index (κ2) is 9.08. The summed E-state index contributed by atoms with van der Waals surface area (Å²) in [6.07, 6.45) is 0. The van der Waals surface area contributed by atoms with E-state index in [-0.39, 0.29) is 17.9 Å². The molecule has 4 heteroatoms. The van der Waals surface area contributed by atoms with Crippen molar-refractivity contribution in [3.05, 3.63) is 65.7 Å². The van der Waals surface area contributed by atoms with Crippen molar-refractivity contribution in [2.45, 2.75) is 26.5 Å². The Morgan fingerprint density at radius 3 is 2.42 bits per heavy atom. The van der Waals surface area contributed by atoms with E-state index in [1.165, 1.54) is 0 Å². The summed E-state index contributed by atoms with van der Waals surface area (Å²) in [6, 6.07) is 17.7. The molecular formula is C20H25NO3. The number of rotatable bonds is 8. The Balaban J connectivity index is 1.81. The highest BCUT2D eigenvalue weighted by Crippen LogP contribution is 2.24. The first-order valence-corrected chi connectivity index (χ1v) is 8.18. The van der Waals surface area contributed by atoms with E-state index in [0.29, 0.717) is 13.2 Å². The molecule has 2 aromatic carbocycles. The highest BCUT2D eigenvalue weighted by molar-refractivity contribution is 5.72. The predicted molar refractivity (Wildman–Crippen MR) is 94.8 cm³/mol. The lowest BCUT2D eigenvalue weighted by Crippen LogP contribution is -2.30. The van der Waals surface area contributed by atoms with Gasteiger partial charge < -0.3 is 14.8 Å². The van der Waals surface area contributed by atoms with Crippen LogP contribution in [0.4, 0.5) is 0 Å². The Bertz CT molecular complexity index is 642. The molecular weight excluding hydrogens is 302 g/mol. The third-order valence-electron chi connectivity index (χ3n) is 3.96. The van der Waals surface area contributed by atoms with Crippen LogP contribution in [0.1, 0.15) is 31.0 Å². The topological polar surface area (TPSA) is 47.6 Å². The van der Waals surface area contributed by atoms with E-state index < -0.39 is 0 Å². The highest BCUT2D eigenvalue weighted by Gasteiger charge is 2.17. The molecule has 0 bridgehead atoms. The second-order valence-corrected chi connectivity index (χ2v) is 5.87. The first-order chi connectivity index (χ1) is 11.6. The molecule has 2 rings (SSSR count). The molecule has 0 saturated heterocycles. The number of hydrogen-bond acceptors (Lipinski definition) is 4. The number of carbonyl (C=O) groups excluding carboxylic acids is 1. The predicted octanol–water partition coefficient (Wildman–Crippen LogP) is 3.73. The molecule has 2 aromatic rings. The molecule has 0 saturated carbocycles. The second-order valence-electron chi connectivity index (χ2n) is 5.87. The normalized spacial score (nSPS) is 13.1. The van der Waals surface area contributed by atoms with Crippen molar-refractivity contribution >= 4 is 5.97 Å².